The average Bonchev–Trinajstić information content (AvgIpc) is 2.16. The minimum absolute atomic E-state index is 0.611. The number of hydrogen-bond donors (Lipinski definition) is 1. The van der Waals surface area contributed by atoms with Gasteiger partial charge in [0.1, 0.15) is 0 Å². The van der Waals surface area contributed by atoms with E-state index in [4.69, 9.17) is 0 Å². The summed E-state index contributed by atoms with van der Waals surface area (Å²) in [6, 6.07) is 1.41. The molecule has 0 spiro atoms. The van der Waals surface area contributed by atoms with Crippen LogP contribution in [-0.4, -0.2) is 36.6 Å². The molecule has 1 saturated carbocycles. The lowest BCUT2D eigenvalue weighted by atomic mass is 9.78. The predicted molar refractivity (Wildman–Crippen MR) is 71.7 cm³/mol. The smallest absolute Gasteiger partial charge is 0.0163 e. The van der Waals surface area contributed by atoms with Gasteiger partial charge in [0.2, 0.25) is 0 Å². The van der Waals surface area contributed by atoms with Crippen LogP contribution in [0.5, 0.6) is 0 Å². The molecule has 0 aromatic carbocycles. The van der Waals surface area contributed by atoms with Crippen LogP contribution in [0.1, 0.15) is 40.0 Å². The van der Waals surface area contributed by atoms with Crippen LogP contribution in [0.15, 0.2) is 12.7 Å². The van der Waals surface area contributed by atoms with Crippen LogP contribution in [0.4, 0.5) is 0 Å². The molecule has 0 amide bonds. The van der Waals surface area contributed by atoms with Gasteiger partial charge in [0.05, 0.1) is 0 Å². The van der Waals surface area contributed by atoms with E-state index >= 15 is 0 Å². The molecule has 0 aromatic heterocycles. The Morgan fingerprint density at radius 3 is 2.62 bits per heavy atom. The molecule has 0 aliphatic heterocycles. The molecule has 0 bridgehead atoms. The number of hydrogen-bond acceptors (Lipinski definition) is 2. The fraction of sp³-hybridized carbons (Fsp3) is 0.857. The van der Waals surface area contributed by atoms with Gasteiger partial charge in [-0.15, -0.1) is 6.58 Å². The molecule has 2 heteroatoms. The molecule has 0 radical (unpaired) electrons. The Morgan fingerprint density at radius 2 is 2.19 bits per heavy atom. The quantitative estimate of drug-likeness (QED) is 0.638. The third kappa shape index (κ3) is 3.91. The molecule has 2 atom stereocenters. The lowest BCUT2D eigenvalue weighted by Gasteiger charge is -2.44. The van der Waals surface area contributed by atoms with Crippen molar-refractivity contribution in [2.24, 2.45) is 5.92 Å². The second-order valence-electron chi connectivity index (χ2n) is 5.25. The molecule has 1 fully saturated rings. The second-order valence-corrected chi connectivity index (χ2v) is 5.25. The zero-order valence-electron chi connectivity index (χ0n) is 11.2. The topological polar surface area (TPSA) is 15.3 Å². The lowest BCUT2D eigenvalue weighted by molar-refractivity contribution is 0.0703. The standard InChI is InChI=1S/C14H28N2/c1-5-9-16(10-6-2)14-8-7-13(14)11-15-12(3)4/h5,12-15H,1,6-11H2,2-4H3. The Labute approximate surface area is 101 Å². The van der Waals surface area contributed by atoms with Crippen LogP contribution < -0.4 is 5.32 Å². The Morgan fingerprint density at radius 1 is 1.44 bits per heavy atom. The fourth-order valence-corrected chi connectivity index (χ4v) is 2.50. The highest BCUT2D eigenvalue weighted by Gasteiger charge is 2.34. The molecule has 0 aromatic rings. The molecule has 2 unspecified atom stereocenters. The van der Waals surface area contributed by atoms with E-state index in [1.54, 1.807) is 0 Å². The molecule has 16 heavy (non-hydrogen) atoms. The van der Waals surface area contributed by atoms with E-state index in [-0.39, 0.29) is 0 Å². The van der Waals surface area contributed by atoms with Crippen LogP contribution in [0.2, 0.25) is 0 Å². The maximum atomic E-state index is 3.87. The first-order chi connectivity index (χ1) is 7.69. The van der Waals surface area contributed by atoms with Crippen LogP contribution in [0.3, 0.4) is 0 Å². The SMILES string of the molecule is C=CCN(CCC)C1CCC1CNC(C)C. The van der Waals surface area contributed by atoms with Crippen LogP contribution in [0.25, 0.3) is 0 Å². The fourth-order valence-electron chi connectivity index (χ4n) is 2.50. The van der Waals surface area contributed by atoms with Crippen molar-refractivity contribution in [1.29, 1.82) is 0 Å². The molecule has 0 heterocycles. The molecule has 1 N–H and O–H groups in total. The third-order valence-corrected chi connectivity index (χ3v) is 3.51. The normalized spacial score (nSPS) is 24.8. The second kappa shape index (κ2) is 7.08. The summed E-state index contributed by atoms with van der Waals surface area (Å²) in [6.07, 6.45) is 6.05. The maximum Gasteiger partial charge on any atom is 0.0163 e. The van der Waals surface area contributed by atoms with Gasteiger partial charge in [0.15, 0.2) is 0 Å². The van der Waals surface area contributed by atoms with E-state index < -0.39 is 0 Å². The van der Waals surface area contributed by atoms with Gasteiger partial charge in [0, 0.05) is 18.6 Å². The molecule has 0 saturated heterocycles. The van der Waals surface area contributed by atoms with Crippen molar-refractivity contribution in [1.82, 2.24) is 10.2 Å². The van der Waals surface area contributed by atoms with E-state index in [1.807, 2.05) is 6.08 Å². The largest absolute Gasteiger partial charge is 0.314 e. The van der Waals surface area contributed by atoms with Crippen molar-refractivity contribution >= 4 is 0 Å². The van der Waals surface area contributed by atoms with E-state index in [1.165, 1.54) is 32.4 Å². The van der Waals surface area contributed by atoms with Gasteiger partial charge in [-0.2, -0.15) is 0 Å². The summed E-state index contributed by atoms with van der Waals surface area (Å²) in [6.45, 7) is 14.0. The minimum Gasteiger partial charge on any atom is -0.314 e. The molecule has 94 valence electrons. The van der Waals surface area contributed by atoms with Crippen molar-refractivity contribution in [2.75, 3.05) is 19.6 Å². The molecule has 1 aliphatic carbocycles. The zero-order chi connectivity index (χ0) is 12.0. The summed E-state index contributed by atoms with van der Waals surface area (Å²) >= 11 is 0. The number of rotatable bonds is 8. The first kappa shape index (κ1) is 13.7. The minimum atomic E-state index is 0.611. The summed E-state index contributed by atoms with van der Waals surface area (Å²) in [4.78, 5) is 2.60. The van der Waals surface area contributed by atoms with Crippen molar-refractivity contribution < 1.29 is 0 Å². The van der Waals surface area contributed by atoms with Crippen molar-refractivity contribution in [3.8, 4) is 0 Å². The molecule has 2 nitrogen and oxygen atoms in total. The van der Waals surface area contributed by atoms with Gasteiger partial charge in [-0.05, 0) is 38.3 Å². The summed E-state index contributed by atoms with van der Waals surface area (Å²) < 4.78 is 0. The summed E-state index contributed by atoms with van der Waals surface area (Å²) in [7, 11) is 0. The Balaban J connectivity index is 2.35. The molecule has 1 rings (SSSR count). The average molecular weight is 224 g/mol. The van der Waals surface area contributed by atoms with Crippen LogP contribution >= 0.6 is 0 Å². The zero-order valence-corrected chi connectivity index (χ0v) is 11.2. The van der Waals surface area contributed by atoms with Gasteiger partial charge < -0.3 is 5.32 Å². The van der Waals surface area contributed by atoms with Crippen LogP contribution in [-0.2, 0) is 0 Å². The predicted octanol–water partition coefficient (Wildman–Crippen LogP) is 2.66. The van der Waals surface area contributed by atoms with E-state index in [0.29, 0.717) is 6.04 Å². The highest BCUT2D eigenvalue weighted by atomic mass is 15.2. The third-order valence-electron chi connectivity index (χ3n) is 3.51. The molecular weight excluding hydrogens is 196 g/mol. The Hall–Kier alpha value is -0.340. The van der Waals surface area contributed by atoms with E-state index in [2.05, 4.69) is 37.6 Å². The monoisotopic (exact) mass is 224 g/mol. The van der Waals surface area contributed by atoms with Gasteiger partial charge in [0.25, 0.3) is 0 Å². The summed E-state index contributed by atoms with van der Waals surface area (Å²) in [5.41, 5.74) is 0. The number of nitrogens with one attached hydrogen (secondary N) is 1. The van der Waals surface area contributed by atoms with Gasteiger partial charge >= 0.3 is 0 Å². The first-order valence-corrected chi connectivity index (χ1v) is 6.77. The van der Waals surface area contributed by atoms with Gasteiger partial charge in [-0.1, -0.05) is 26.8 Å². The van der Waals surface area contributed by atoms with E-state index in [9.17, 15) is 0 Å². The molecule has 1 aliphatic rings. The summed E-state index contributed by atoms with van der Waals surface area (Å²) in [5.74, 6) is 0.855. The lowest BCUT2D eigenvalue weighted by Crippen LogP contribution is -2.51. The summed E-state index contributed by atoms with van der Waals surface area (Å²) in [5, 5.41) is 3.56. The Bertz CT molecular complexity index is 201. The highest BCUT2D eigenvalue weighted by molar-refractivity contribution is 4.92. The van der Waals surface area contributed by atoms with Gasteiger partial charge in [-0.3, -0.25) is 4.90 Å². The first-order valence-electron chi connectivity index (χ1n) is 6.77. The van der Waals surface area contributed by atoms with Crippen molar-refractivity contribution in [3.63, 3.8) is 0 Å². The maximum absolute atomic E-state index is 3.87. The van der Waals surface area contributed by atoms with Crippen molar-refractivity contribution in [2.45, 2.75) is 52.1 Å². The highest BCUT2D eigenvalue weighted by Crippen LogP contribution is 2.31. The molecular formula is C14H28N2. The van der Waals surface area contributed by atoms with Crippen molar-refractivity contribution in [3.05, 3.63) is 12.7 Å². The van der Waals surface area contributed by atoms with Gasteiger partial charge in [-0.25, -0.2) is 0 Å². The number of nitrogens with zero attached hydrogens (tertiary/aromatic N) is 1. The van der Waals surface area contributed by atoms with E-state index in [0.717, 1.165) is 18.5 Å². The Kier molecular flexibility index (Phi) is 6.07. The van der Waals surface area contributed by atoms with Crippen LogP contribution in [0, 0.1) is 5.92 Å².